The van der Waals surface area contributed by atoms with E-state index >= 15 is 0 Å². The predicted molar refractivity (Wildman–Crippen MR) is 174 cm³/mol. The molecule has 0 unspecified atom stereocenters. The van der Waals surface area contributed by atoms with Crippen LogP contribution >= 0.6 is 0 Å². The lowest BCUT2D eigenvalue weighted by Crippen LogP contribution is -1.91. The lowest BCUT2D eigenvalue weighted by atomic mass is 9.93. The quantitative estimate of drug-likeness (QED) is 0.211. The SMILES string of the molecule is C1=CCC(c2cc3c(oc4cccc(-c5ccc6ccc7ccc(-c8ccccc8)nc7c6n5)c43)c3ccccc23)=C1. The van der Waals surface area contributed by atoms with Gasteiger partial charge in [0.25, 0.3) is 0 Å². The molecule has 0 N–H and O–H groups in total. The van der Waals surface area contributed by atoms with Gasteiger partial charge in [-0.2, -0.15) is 0 Å². The Morgan fingerprint density at radius 2 is 1.29 bits per heavy atom. The van der Waals surface area contributed by atoms with E-state index in [1.807, 2.05) is 18.2 Å². The molecule has 0 bridgehead atoms. The third-order valence-electron chi connectivity index (χ3n) is 8.49. The summed E-state index contributed by atoms with van der Waals surface area (Å²) in [6.07, 6.45) is 7.53. The van der Waals surface area contributed by atoms with Gasteiger partial charge in [0.05, 0.1) is 22.4 Å². The second kappa shape index (κ2) is 8.98. The fraction of sp³-hybridized carbons (Fsp3) is 0.0256. The highest BCUT2D eigenvalue weighted by Gasteiger charge is 2.19. The molecule has 0 saturated heterocycles. The van der Waals surface area contributed by atoms with Crippen LogP contribution in [0.4, 0.5) is 0 Å². The number of rotatable bonds is 3. The summed E-state index contributed by atoms with van der Waals surface area (Å²) in [6, 6.07) is 40.2. The Morgan fingerprint density at radius 3 is 2.07 bits per heavy atom. The second-order valence-electron chi connectivity index (χ2n) is 10.9. The van der Waals surface area contributed by atoms with Crippen LogP contribution in [0.5, 0.6) is 0 Å². The first-order chi connectivity index (χ1) is 20.8. The van der Waals surface area contributed by atoms with E-state index in [0.29, 0.717) is 0 Å². The standard InChI is InChI=1S/C39H24N2O/c1-2-11-25(12-3-1)33-21-19-26-17-18-27-20-22-34(41-38(27)37(26)40-33)30-15-8-16-35-36(30)32-23-31(24-9-4-5-10-24)28-13-6-7-14-29(28)39(32)42-35/h1-9,11-23H,10H2. The molecule has 0 atom stereocenters. The summed E-state index contributed by atoms with van der Waals surface area (Å²) in [4.78, 5) is 10.4. The number of nitrogens with zero attached hydrogens (tertiary/aromatic N) is 2. The molecule has 0 amide bonds. The lowest BCUT2D eigenvalue weighted by molar-refractivity contribution is 0.672. The summed E-state index contributed by atoms with van der Waals surface area (Å²) in [5, 5.41) is 6.71. The minimum absolute atomic E-state index is 0.868. The normalized spacial score (nSPS) is 13.2. The maximum Gasteiger partial charge on any atom is 0.143 e. The van der Waals surface area contributed by atoms with Gasteiger partial charge < -0.3 is 4.42 Å². The van der Waals surface area contributed by atoms with Crippen molar-refractivity contribution < 1.29 is 4.42 Å². The van der Waals surface area contributed by atoms with Crippen molar-refractivity contribution in [3.05, 3.63) is 139 Å². The highest BCUT2D eigenvalue weighted by atomic mass is 16.3. The lowest BCUT2D eigenvalue weighted by Gasteiger charge is -2.10. The Labute approximate surface area is 242 Å². The minimum atomic E-state index is 0.868. The predicted octanol–water partition coefficient (Wildman–Crippen LogP) is 10.5. The summed E-state index contributed by atoms with van der Waals surface area (Å²) in [5.41, 5.74) is 10.2. The monoisotopic (exact) mass is 536 g/mol. The van der Waals surface area contributed by atoms with Gasteiger partial charge in [-0.1, -0.05) is 109 Å². The molecule has 0 saturated carbocycles. The zero-order valence-corrected chi connectivity index (χ0v) is 22.7. The van der Waals surface area contributed by atoms with Crippen molar-refractivity contribution in [3.63, 3.8) is 0 Å². The number of fused-ring (bicyclic) bond motifs is 8. The molecule has 196 valence electrons. The van der Waals surface area contributed by atoms with Crippen LogP contribution in [0.2, 0.25) is 0 Å². The first kappa shape index (κ1) is 23.2. The molecule has 0 spiro atoms. The maximum atomic E-state index is 6.59. The van der Waals surface area contributed by atoms with Crippen molar-refractivity contribution in [1.82, 2.24) is 9.97 Å². The molecule has 1 aliphatic carbocycles. The van der Waals surface area contributed by atoms with Gasteiger partial charge in [0.1, 0.15) is 11.2 Å². The van der Waals surface area contributed by atoms with Crippen molar-refractivity contribution in [1.29, 1.82) is 0 Å². The third-order valence-corrected chi connectivity index (χ3v) is 8.49. The average Bonchev–Trinajstić information content (AvgIpc) is 3.73. The van der Waals surface area contributed by atoms with Gasteiger partial charge in [-0.3, -0.25) is 0 Å². The Hall–Kier alpha value is -5.54. The van der Waals surface area contributed by atoms with Crippen LogP contribution in [0.3, 0.4) is 0 Å². The van der Waals surface area contributed by atoms with E-state index in [1.54, 1.807) is 0 Å². The van der Waals surface area contributed by atoms with Gasteiger partial charge in [-0.15, -0.1) is 0 Å². The van der Waals surface area contributed by atoms with Gasteiger partial charge in [-0.25, -0.2) is 9.97 Å². The maximum absolute atomic E-state index is 6.59. The van der Waals surface area contributed by atoms with E-state index in [0.717, 1.165) is 78.1 Å². The van der Waals surface area contributed by atoms with Crippen LogP contribution in [0.1, 0.15) is 12.0 Å². The number of aromatic nitrogens is 2. The van der Waals surface area contributed by atoms with Crippen molar-refractivity contribution >= 4 is 60.1 Å². The first-order valence-corrected chi connectivity index (χ1v) is 14.3. The van der Waals surface area contributed by atoms with Crippen LogP contribution in [-0.4, -0.2) is 9.97 Å². The molecule has 0 fully saturated rings. The number of hydrogen-bond acceptors (Lipinski definition) is 3. The molecule has 3 heterocycles. The fourth-order valence-electron chi connectivity index (χ4n) is 6.46. The van der Waals surface area contributed by atoms with Crippen molar-refractivity contribution in [3.8, 4) is 22.5 Å². The second-order valence-corrected chi connectivity index (χ2v) is 10.9. The number of benzene rings is 5. The molecular formula is C39H24N2O. The Balaban J connectivity index is 1.31. The molecule has 9 rings (SSSR count). The largest absolute Gasteiger partial charge is 0.455 e. The van der Waals surface area contributed by atoms with Crippen LogP contribution < -0.4 is 0 Å². The van der Waals surface area contributed by atoms with Crippen LogP contribution in [0.15, 0.2) is 138 Å². The third kappa shape index (κ3) is 3.47. The first-order valence-electron chi connectivity index (χ1n) is 14.3. The summed E-state index contributed by atoms with van der Waals surface area (Å²) in [5.74, 6) is 0. The van der Waals surface area contributed by atoms with Gasteiger partial charge in [0, 0.05) is 38.1 Å². The molecule has 1 aliphatic rings. The molecule has 3 heteroatoms. The van der Waals surface area contributed by atoms with E-state index in [2.05, 4.69) is 115 Å². The molecule has 42 heavy (non-hydrogen) atoms. The van der Waals surface area contributed by atoms with E-state index < -0.39 is 0 Å². The molecule has 5 aromatic carbocycles. The zero-order valence-electron chi connectivity index (χ0n) is 22.7. The number of pyridine rings is 2. The molecule has 0 aliphatic heterocycles. The highest BCUT2D eigenvalue weighted by Crippen LogP contribution is 2.43. The number of allylic oxidation sites excluding steroid dienone is 4. The summed E-state index contributed by atoms with van der Waals surface area (Å²) < 4.78 is 6.59. The summed E-state index contributed by atoms with van der Waals surface area (Å²) >= 11 is 0. The molecule has 3 aromatic heterocycles. The zero-order chi connectivity index (χ0) is 27.6. The fourth-order valence-corrected chi connectivity index (χ4v) is 6.46. The van der Waals surface area contributed by atoms with E-state index in [-0.39, 0.29) is 0 Å². The molecule has 8 aromatic rings. The van der Waals surface area contributed by atoms with Gasteiger partial charge in [-0.05, 0) is 47.2 Å². The van der Waals surface area contributed by atoms with Gasteiger partial charge >= 0.3 is 0 Å². The van der Waals surface area contributed by atoms with Crippen molar-refractivity contribution in [2.45, 2.75) is 6.42 Å². The highest BCUT2D eigenvalue weighted by molar-refractivity contribution is 6.21. The number of furan rings is 1. The van der Waals surface area contributed by atoms with E-state index in [1.165, 1.54) is 16.5 Å². The van der Waals surface area contributed by atoms with Gasteiger partial charge in [0.2, 0.25) is 0 Å². The molecule has 3 nitrogen and oxygen atoms in total. The molecular weight excluding hydrogens is 512 g/mol. The Kier molecular flexibility index (Phi) is 4.96. The van der Waals surface area contributed by atoms with Crippen molar-refractivity contribution in [2.75, 3.05) is 0 Å². The number of hydrogen-bond donors (Lipinski definition) is 0. The van der Waals surface area contributed by atoms with Crippen LogP contribution in [0.25, 0.3) is 82.6 Å². The van der Waals surface area contributed by atoms with E-state index in [4.69, 9.17) is 14.4 Å². The Bertz CT molecular complexity index is 2430. The topological polar surface area (TPSA) is 38.9 Å². The van der Waals surface area contributed by atoms with Gasteiger partial charge in [0.15, 0.2) is 0 Å². The summed E-state index contributed by atoms with van der Waals surface area (Å²) in [6.45, 7) is 0. The smallest absolute Gasteiger partial charge is 0.143 e. The minimum Gasteiger partial charge on any atom is -0.455 e. The summed E-state index contributed by atoms with van der Waals surface area (Å²) in [7, 11) is 0. The van der Waals surface area contributed by atoms with Crippen LogP contribution in [0, 0.1) is 0 Å². The Morgan fingerprint density at radius 1 is 0.571 bits per heavy atom. The van der Waals surface area contributed by atoms with Crippen LogP contribution in [-0.2, 0) is 0 Å². The van der Waals surface area contributed by atoms with E-state index in [9.17, 15) is 0 Å². The molecule has 0 radical (unpaired) electrons. The average molecular weight is 537 g/mol. The van der Waals surface area contributed by atoms with Crippen molar-refractivity contribution in [2.24, 2.45) is 0 Å².